The van der Waals surface area contributed by atoms with E-state index in [-0.39, 0.29) is 5.91 Å². The Morgan fingerprint density at radius 1 is 1.19 bits per heavy atom. The number of benzene rings is 2. The van der Waals surface area contributed by atoms with Crippen LogP contribution in [0.25, 0.3) is 11.4 Å². The maximum Gasteiger partial charge on any atom is 0.230 e. The summed E-state index contributed by atoms with van der Waals surface area (Å²) in [7, 11) is 1.92. The van der Waals surface area contributed by atoms with E-state index in [4.69, 9.17) is 11.6 Å². The molecule has 0 aliphatic heterocycles. The van der Waals surface area contributed by atoms with Gasteiger partial charge < -0.3 is 9.88 Å². The minimum Gasteiger partial charge on any atom is -0.355 e. The summed E-state index contributed by atoms with van der Waals surface area (Å²) in [6.45, 7) is 2.64. The van der Waals surface area contributed by atoms with Crippen LogP contribution in [0.4, 0.5) is 0 Å². The summed E-state index contributed by atoms with van der Waals surface area (Å²) in [5.74, 6) is 1.08. The molecule has 0 unspecified atom stereocenters. The lowest BCUT2D eigenvalue weighted by Gasteiger charge is -2.06. The highest BCUT2D eigenvalue weighted by Crippen LogP contribution is 2.23. The van der Waals surface area contributed by atoms with Gasteiger partial charge in [-0.1, -0.05) is 59.3 Å². The topological polar surface area (TPSA) is 59.8 Å². The number of amides is 1. The third kappa shape index (κ3) is 5.34. The van der Waals surface area contributed by atoms with E-state index in [2.05, 4.69) is 21.6 Å². The average Bonchev–Trinajstić information content (AvgIpc) is 3.02. The average molecular weight is 401 g/mol. The molecule has 0 saturated heterocycles. The molecule has 140 valence electrons. The van der Waals surface area contributed by atoms with E-state index in [0.717, 1.165) is 28.5 Å². The summed E-state index contributed by atoms with van der Waals surface area (Å²) in [6, 6.07) is 15.8. The Balaban J connectivity index is 1.49. The molecule has 7 heteroatoms. The second-order valence-corrected chi connectivity index (χ2v) is 7.63. The van der Waals surface area contributed by atoms with Gasteiger partial charge in [0.05, 0.1) is 5.75 Å². The number of thioether (sulfide) groups is 1. The predicted molar refractivity (Wildman–Crippen MR) is 110 cm³/mol. The summed E-state index contributed by atoms with van der Waals surface area (Å²) >= 11 is 7.25. The van der Waals surface area contributed by atoms with E-state index in [0.29, 0.717) is 17.3 Å². The summed E-state index contributed by atoms with van der Waals surface area (Å²) < 4.78 is 1.92. The van der Waals surface area contributed by atoms with Crippen LogP contribution in [0.2, 0.25) is 5.02 Å². The highest BCUT2D eigenvalue weighted by atomic mass is 35.5. The van der Waals surface area contributed by atoms with Crippen molar-refractivity contribution in [3.05, 3.63) is 64.7 Å². The zero-order valence-corrected chi connectivity index (χ0v) is 16.8. The Morgan fingerprint density at radius 2 is 1.96 bits per heavy atom. The first-order valence-corrected chi connectivity index (χ1v) is 9.99. The molecule has 1 N–H and O–H groups in total. The summed E-state index contributed by atoms with van der Waals surface area (Å²) in [5.41, 5.74) is 3.33. The number of halogens is 1. The minimum atomic E-state index is -0.0194. The van der Waals surface area contributed by atoms with Crippen molar-refractivity contribution in [1.29, 1.82) is 0 Å². The van der Waals surface area contributed by atoms with Crippen LogP contribution in [0.1, 0.15) is 11.1 Å². The number of nitrogens with zero attached hydrogens (tertiary/aromatic N) is 3. The standard InChI is InChI=1S/C20H21ClN4OS/c1-14-4-3-5-16(12-14)19-23-24-20(25(19)2)27-13-18(26)22-11-10-15-6-8-17(21)9-7-15/h3-9,12H,10-11,13H2,1-2H3,(H,22,26). The fraction of sp³-hybridized carbons (Fsp3) is 0.250. The number of carbonyl (C=O) groups is 1. The zero-order chi connectivity index (χ0) is 19.2. The van der Waals surface area contributed by atoms with Gasteiger partial charge in [0.2, 0.25) is 5.91 Å². The van der Waals surface area contributed by atoms with Crippen LogP contribution in [-0.4, -0.2) is 33.0 Å². The molecule has 0 atom stereocenters. The van der Waals surface area contributed by atoms with Crippen molar-refractivity contribution in [2.24, 2.45) is 7.05 Å². The highest BCUT2D eigenvalue weighted by Gasteiger charge is 2.13. The third-order valence-electron chi connectivity index (χ3n) is 4.09. The van der Waals surface area contributed by atoms with Gasteiger partial charge in [-0.15, -0.1) is 10.2 Å². The maximum absolute atomic E-state index is 12.1. The van der Waals surface area contributed by atoms with Crippen molar-refractivity contribution in [1.82, 2.24) is 20.1 Å². The van der Waals surface area contributed by atoms with Gasteiger partial charge in [-0.05, 0) is 37.1 Å². The first-order chi connectivity index (χ1) is 13.0. The van der Waals surface area contributed by atoms with Gasteiger partial charge in [0.1, 0.15) is 0 Å². The molecular formula is C20H21ClN4OS. The van der Waals surface area contributed by atoms with Crippen LogP contribution in [0.3, 0.4) is 0 Å². The lowest BCUT2D eigenvalue weighted by Crippen LogP contribution is -2.27. The van der Waals surface area contributed by atoms with E-state index in [1.807, 2.05) is 61.0 Å². The van der Waals surface area contributed by atoms with Gasteiger partial charge in [-0.3, -0.25) is 4.79 Å². The van der Waals surface area contributed by atoms with Crippen LogP contribution < -0.4 is 5.32 Å². The second-order valence-electron chi connectivity index (χ2n) is 6.25. The molecule has 0 spiro atoms. The molecule has 1 heterocycles. The monoisotopic (exact) mass is 400 g/mol. The molecule has 3 rings (SSSR count). The van der Waals surface area contributed by atoms with E-state index in [1.54, 1.807) is 0 Å². The molecule has 0 saturated carbocycles. The molecule has 2 aromatic carbocycles. The molecule has 0 radical (unpaired) electrons. The summed E-state index contributed by atoms with van der Waals surface area (Å²) in [4.78, 5) is 12.1. The first-order valence-electron chi connectivity index (χ1n) is 8.63. The van der Waals surface area contributed by atoms with Gasteiger partial charge in [-0.25, -0.2) is 0 Å². The van der Waals surface area contributed by atoms with Gasteiger partial charge in [0.25, 0.3) is 0 Å². The quantitative estimate of drug-likeness (QED) is 0.611. The lowest BCUT2D eigenvalue weighted by molar-refractivity contribution is -0.118. The summed E-state index contributed by atoms with van der Waals surface area (Å²) in [5, 5.41) is 12.8. The fourth-order valence-corrected chi connectivity index (χ4v) is 3.52. The number of carbonyl (C=O) groups excluding carboxylic acids is 1. The normalized spacial score (nSPS) is 10.8. The first kappa shape index (κ1) is 19.5. The number of hydrogen-bond donors (Lipinski definition) is 1. The Bertz CT molecular complexity index is 924. The number of aryl methyl sites for hydroxylation is 1. The second kappa shape index (κ2) is 9.06. The van der Waals surface area contributed by atoms with E-state index in [9.17, 15) is 4.79 Å². The highest BCUT2D eigenvalue weighted by molar-refractivity contribution is 7.99. The largest absolute Gasteiger partial charge is 0.355 e. The Morgan fingerprint density at radius 3 is 2.70 bits per heavy atom. The van der Waals surface area contributed by atoms with Gasteiger partial charge in [0, 0.05) is 24.2 Å². The maximum atomic E-state index is 12.1. The molecule has 3 aromatic rings. The van der Waals surface area contributed by atoms with Gasteiger partial charge in [-0.2, -0.15) is 0 Å². The Labute approximate surface area is 168 Å². The SMILES string of the molecule is Cc1cccc(-c2nnc(SCC(=O)NCCc3ccc(Cl)cc3)n2C)c1. The third-order valence-corrected chi connectivity index (χ3v) is 5.36. The van der Waals surface area contributed by atoms with E-state index >= 15 is 0 Å². The molecule has 5 nitrogen and oxygen atoms in total. The predicted octanol–water partition coefficient (Wildman–Crippen LogP) is 3.89. The van der Waals surface area contributed by atoms with Crippen molar-refractivity contribution in [2.45, 2.75) is 18.5 Å². The van der Waals surface area contributed by atoms with Crippen molar-refractivity contribution in [3.8, 4) is 11.4 Å². The molecule has 0 aliphatic carbocycles. The molecule has 1 amide bonds. The molecule has 0 bridgehead atoms. The molecular weight excluding hydrogens is 380 g/mol. The number of nitrogens with one attached hydrogen (secondary N) is 1. The fourth-order valence-electron chi connectivity index (χ4n) is 2.65. The Kier molecular flexibility index (Phi) is 6.53. The van der Waals surface area contributed by atoms with Gasteiger partial charge in [0.15, 0.2) is 11.0 Å². The minimum absolute atomic E-state index is 0.0194. The van der Waals surface area contributed by atoms with Crippen molar-refractivity contribution >= 4 is 29.3 Å². The summed E-state index contributed by atoms with van der Waals surface area (Å²) in [6.07, 6.45) is 0.773. The Hall–Kier alpha value is -2.31. The lowest BCUT2D eigenvalue weighted by atomic mass is 10.1. The van der Waals surface area contributed by atoms with Crippen molar-refractivity contribution in [2.75, 3.05) is 12.3 Å². The molecule has 0 aliphatic rings. The van der Waals surface area contributed by atoms with Crippen LogP contribution in [-0.2, 0) is 18.3 Å². The van der Waals surface area contributed by atoms with Crippen molar-refractivity contribution < 1.29 is 4.79 Å². The van der Waals surface area contributed by atoms with Crippen molar-refractivity contribution in [3.63, 3.8) is 0 Å². The number of hydrogen-bond acceptors (Lipinski definition) is 4. The number of rotatable bonds is 7. The number of aromatic nitrogens is 3. The molecule has 0 fully saturated rings. The van der Waals surface area contributed by atoms with Crippen LogP contribution in [0, 0.1) is 6.92 Å². The van der Waals surface area contributed by atoms with E-state index in [1.165, 1.54) is 17.3 Å². The molecule has 27 heavy (non-hydrogen) atoms. The zero-order valence-electron chi connectivity index (χ0n) is 15.3. The smallest absolute Gasteiger partial charge is 0.230 e. The molecule has 1 aromatic heterocycles. The van der Waals surface area contributed by atoms with Gasteiger partial charge >= 0.3 is 0 Å². The van der Waals surface area contributed by atoms with Crippen LogP contribution in [0.15, 0.2) is 53.7 Å². The van der Waals surface area contributed by atoms with E-state index < -0.39 is 0 Å². The van der Waals surface area contributed by atoms with Crippen LogP contribution in [0.5, 0.6) is 0 Å². The van der Waals surface area contributed by atoms with Crippen LogP contribution >= 0.6 is 23.4 Å².